The number of aliphatic imine (C=N–C) groups is 1. The summed E-state index contributed by atoms with van der Waals surface area (Å²) < 4.78 is 5.23. The van der Waals surface area contributed by atoms with E-state index >= 15 is 0 Å². The first-order valence-corrected chi connectivity index (χ1v) is 7.38. The minimum absolute atomic E-state index is 0.234. The average molecular weight is 307 g/mol. The van der Waals surface area contributed by atoms with Gasteiger partial charge in [0, 0.05) is 17.1 Å². The number of aryl methyl sites for hydroxylation is 1. The molecular formula is C18H17N3O2. The number of fused-ring (bicyclic) bond motifs is 1. The summed E-state index contributed by atoms with van der Waals surface area (Å²) in [5, 5.41) is 3.85. The van der Waals surface area contributed by atoms with Gasteiger partial charge in [-0.1, -0.05) is 31.2 Å². The molecule has 0 amide bonds. The number of nitrogens with zero attached hydrogens (tertiary/aromatic N) is 1. The lowest BCUT2D eigenvalue weighted by molar-refractivity contribution is 0.561. The van der Waals surface area contributed by atoms with Crippen LogP contribution in [0.25, 0.3) is 11.0 Å². The molecule has 0 aliphatic heterocycles. The summed E-state index contributed by atoms with van der Waals surface area (Å²) in [7, 11) is 0. The zero-order valence-electron chi connectivity index (χ0n) is 12.7. The molecule has 5 heteroatoms. The summed E-state index contributed by atoms with van der Waals surface area (Å²) >= 11 is 0. The van der Waals surface area contributed by atoms with Crippen LogP contribution in [0.2, 0.25) is 0 Å². The lowest BCUT2D eigenvalue weighted by Crippen LogP contribution is -2.22. The third kappa shape index (κ3) is 3.40. The van der Waals surface area contributed by atoms with Gasteiger partial charge in [0.15, 0.2) is 11.5 Å². The topological polar surface area (TPSA) is 80.6 Å². The van der Waals surface area contributed by atoms with Gasteiger partial charge in [-0.15, -0.1) is 0 Å². The van der Waals surface area contributed by atoms with Crippen LogP contribution in [0, 0.1) is 0 Å². The number of nitrogens with two attached hydrogens (primary N) is 1. The zero-order valence-corrected chi connectivity index (χ0v) is 12.7. The summed E-state index contributed by atoms with van der Waals surface area (Å²) in [5.74, 6) is 0.234. The van der Waals surface area contributed by atoms with Crippen molar-refractivity contribution in [3.63, 3.8) is 0 Å². The molecule has 1 heterocycles. The zero-order chi connectivity index (χ0) is 16.2. The largest absolute Gasteiger partial charge is 0.420 e. The summed E-state index contributed by atoms with van der Waals surface area (Å²) in [5.41, 5.74) is 8.57. The highest BCUT2D eigenvalue weighted by Crippen LogP contribution is 2.24. The Morgan fingerprint density at radius 3 is 2.83 bits per heavy atom. The Hall–Kier alpha value is -3.08. The van der Waals surface area contributed by atoms with E-state index in [0.717, 1.165) is 17.5 Å². The van der Waals surface area contributed by atoms with Gasteiger partial charge in [0.2, 0.25) is 0 Å². The van der Waals surface area contributed by atoms with Crippen molar-refractivity contribution in [3.05, 3.63) is 70.6 Å². The fourth-order valence-corrected chi connectivity index (χ4v) is 2.34. The molecule has 5 nitrogen and oxygen atoms in total. The van der Waals surface area contributed by atoms with Crippen LogP contribution in [-0.4, -0.2) is 5.96 Å². The quantitative estimate of drug-likeness (QED) is 0.441. The van der Waals surface area contributed by atoms with Gasteiger partial charge in [-0.2, -0.15) is 0 Å². The molecule has 0 atom stereocenters. The number of rotatable bonds is 3. The minimum Gasteiger partial charge on any atom is -0.420 e. The first-order chi connectivity index (χ1) is 11.2. The summed E-state index contributed by atoms with van der Waals surface area (Å²) in [6.45, 7) is 2.09. The van der Waals surface area contributed by atoms with Crippen LogP contribution < -0.4 is 16.7 Å². The Kier molecular flexibility index (Phi) is 4.10. The Morgan fingerprint density at radius 1 is 1.17 bits per heavy atom. The van der Waals surface area contributed by atoms with Crippen LogP contribution in [0.5, 0.6) is 0 Å². The molecule has 0 aliphatic carbocycles. The van der Waals surface area contributed by atoms with Crippen LogP contribution in [-0.2, 0) is 6.42 Å². The van der Waals surface area contributed by atoms with E-state index in [4.69, 9.17) is 10.2 Å². The van der Waals surface area contributed by atoms with Gasteiger partial charge < -0.3 is 15.5 Å². The van der Waals surface area contributed by atoms with Crippen molar-refractivity contribution in [2.24, 2.45) is 10.7 Å². The Bertz CT molecular complexity index is 929. The van der Waals surface area contributed by atoms with Crippen molar-refractivity contribution in [1.82, 2.24) is 0 Å². The van der Waals surface area contributed by atoms with Gasteiger partial charge in [-0.05, 0) is 36.2 Å². The third-order valence-corrected chi connectivity index (χ3v) is 3.47. The standard InChI is InChI=1S/C18H17N3O2/c1-2-12-5-3-7-14(11-12)20-18(19)21-15-8-4-6-13-9-10-16(22)23-17(13)15/h3-11H,2H2,1H3,(H3,19,20,21). The van der Waals surface area contributed by atoms with E-state index in [9.17, 15) is 4.79 Å². The maximum Gasteiger partial charge on any atom is 0.336 e. The second-order valence-electron chi connectivity index (χ2n) is 5.13. The van der Waals surface area contributed by atoms with Gasteiger partial charge in [0.25, 0.3) is 0 Å². The minimum atomic E-state index is -0.415. The van der Waals surface area contributed by atoms with Crippen molar-refractivity contribution in [2.75, 3.05) is 5.32 Å². The van der Waals surface area contributed by atoms with E-state index in [-0.39, 0.29) is 5.96 Å². The first-order valence-electron chi connectivity index (χ1n) is 7.38. The normalized spacial score (nSPS) is 11.6. The van der Waals surface area contributed by atoms with Gasteiger partial charge in [-0.25, -0.2) is 9.79 Å². The molecule has 0 bridgehead atoms. The van der Waals surface area contributed by atoms with Crippen LogP contribution in [0.15, 0.2) is 68.8 Å². The second-order valence-corrected chi connectivity index (χ2v) is 5.13. The molecule has 0 saturated heterocycles. The number of benzene rings is 2. The van der Waals surface area contributed by atoms with Crippen molar-refractivity contribution in [3.8, 4) is 0 Å². The molecule has 3 rings (SSSR count). The Balaban J connectivity index is 1.94. The SMILES string of the molecule is CCc1cccc(NC(N)=Nc2cccc3ccc(=O)oc23)c1. The molecule has 3 N–H and O–H groups in total. The summed E-state index contributed by atoms with van der Waals surface area (Å²) in [6.07, 6.45) is 0.945. The average Bonchev–Trinajstić information content (AvgIpc) is 2.55. The van der Waals surface area contributed by atoms with Crippen LogP contribution in [0.3, 0.4) is 0 Å². The molecule has 23 heavy (non-hydrogen) atoms. The van der Waals surface area contributed by atoms with Crippen molar-refractivity contribution in [1.29, 1.82) is 0 Å². The number of anilines is 1. The van der Waals surface area contributed by atoms with Crippen molar-refractivity contribution < 1.29 is 4.42 Å². The van der Waals surface area contributed by atoms with Gasteiger partial charge in [-0.3, -0.25) is 0 Å². The Labute approximate surface area is 133 Å². The molecule has 0 fully saturated rings. The monoisotopic (exact) mass is 307 g/mol. The van der Waals surface area contributed by atoms with Gasteiger partial charge >= 0.3 is 5.63 Å². The molecule has 0 radical (unpaired) electrons. The van der Waals surface area contributed by atoms with E-state index in [2.05, 4.69) is 23.3 Å². The lowest BCUT2D eigenvalue weighted by atomic mass is 10.1. The number of para-hydroxylation sites is 1. The highest BCUT2D eigenvalue weighted by Gasteiger charge is 2.04. The van der Waals surface area contributed by atoms with Crippen LogP contribution in [0.4, 0.5) is 11.4 Å². The van der Waals surface area contributed by atoms with E-state index in [1.54, 1.807) is 12.1 Å². The van der Waals surface area contributed by atoms with Crippen molar-refractivity contribution >= 4 is 28.3 Å². The fraction of sp³-hybridized carbons (Fsp3) is 0.111. The molecule has 0 spiro atoms. The molecule has 116 valence electrons. The lowest BCUT2D eigenvalue weighted by Gasteiger charge is -2.07. The van der Waals surface area contributed by atoms with Crippen LogP contribution >= 0.6 is 0 Å². The molecule has 1 aromatic heterocycles. The maximum atomic E-state index is 11.4. The van der Waals surface area contributed by atoms with Gasteiger partial charge in [0.05, 0.1) is 0 Å². The summed E-state index contributed by atoms with van der Waals surface area (Å²) in [6, 6.07) is 16.5. The van der Waals surface area contributed by atoms with E-state index in [0.29, 0.717) is 11.3 Å². The summed E-state index contributed by atoms with van der Waals surface area (Å²) in [4.78, 5) is 15.8. The number of nitrogens with one attached hydrogen (secondary N) is 1. The first kappa shape index (κ1) is 14.8. The molecule has 3 aromatic rings. The predicted octanol–water partition coefficient (Wildman–Crippen LogP) is 3.41. The number of guanidine groups is 1. The smallest absolute Gasteiger partial charge is 0.336 e. The second kappa shape index (κ2) is 6.36. The molecule has 0 aliphatic rings. The van der Waals surface area contributed by atoms with Crippen LogP contribution in [0.1, 0.15) is 12.5 Å². The molecule has 0 saturated carbocycles. The van der Waals surface area contributed by atoms with Gasteiger partial charge in [0.1, 0.15) is 5.69 Å². The number of hydrogen-bond donors (Lipinski definition) is 2. The third-order valence-electron chi connectivity index (χ3n) is 3.47. The molecule has 2 aromatic carbocycles. The highest BCUT2D eigenvalue weighted by atomic mass is 16.4. The Morgan fingerprint density at radius 2 is 2.00 bits per heavy atom. The molecular weight excluding hydrogens is 290 g/mol. The number of hydrogen-bond acceptors (Lipinski definition) is 3. The maximum absolute atomic E-state index is 11.4. The van der Waals surface area contributed by atoms with E-state index in [1.807, 2.05) is 30.3 Å². The van der Waals surface area contributed by atoms with E-state index < -0.39 is 5.63 Å². The van der Waals surface area contributed by atoms with Crippen molar-refractivity contribution in [2.45, 2.75) is 13.3 Å². The van der Waals surface area contributed by atoms with E-state index in [1.165, 1.54) is 11.6 Å². The predicted molar refractivity (Wildman–Crippen MR) is 93.2 cm³/mol. The fourth-order valence-electron chi connectivity index (χ4n) is 2.34. The molecule has 0 unspecified atom stereocenters. The highest BCUT2D eigenvalue weighted by molar-refractivity contribution is 5.97.